The number of amides is 2. The van der Waals surface area contributed by atoms with E-state index in [1.54, 1.807) is 66.7 Å². The number of hydrazine groups is 1. The number of nitrogens with one attached hydrogen (secondary N) is 2. The molecule has 2 N–H and O–H groups in total. The van der Waals surface area contributed by atoms with E-state index < -0.39 is 11.8 Å². The Hall–Kier alpha value is -3.97. The number of para-hydroxylation sites is 1. The standard InChI is InChI=1S/C22H15ClN4O3/c23-15-8-6-7-14(13-15)20(28)24-25-21(29)19-17-11-4-5-12-18(17)22(30)27(26-19)16-9-2-1-3-10-16/h1-13H,(H,24,28)(H,25,29). The highest BCUT2D eigenvalue weighted by atomic mass is 35.5. The fourth-order valence-corrected chi connectivity index (χ4v) is 3.17. The first-order valence-corrected chi connectivity index (χ1v) is 9.36. The van der Waals surface area contributed by atoms with Gasteiger partial charge >= 0.3 is 0 Å². The van der Waals surface area contributed by atoms with Gasteiger partial charge in [-0.05, 0) is 36.4 Å². The second-order valence-corrected chi connectivity index (χ2v) is 6.80. The number of hydrogen-bond acceptors (Lipinski definition) is 4. The van der Waals surface area contributed by atoms with Gasteiger partial charge in [-0.25, -0.2) is 0 Å². The number of carbonyl (C=O) groups excluding carboxylic acids is 2. The minimum absolute atomic E-state index is 0.000414. The number of benzene rings is 3. The van der Waals surface area contributed by atoms with E-state index in [1.807, 2.05) is 6.07 Å². The van der Waals surface area contributed by atoms with Crippen LogP contribution in [0.25, 0.3) is 16.5 Å². The van der Waals surface area contributed by atoms with E-state index in [4.69, 9.17) is 11.6 Å². The van der Waals surface area contributed by atoms with Gasteiger partial charge in [0.15, 0.2) is 5.69 Å². The quantitative estimate of drug-likeness (QED) is 0.500. The Morgan fingerprint density at radius 1 is 0.800 bits per heavy atom. The molecule has 0 atom stereocenters. The number of rotatable bonds is 3. The molecule has 4 aromatic rings. The van der Waals surface area contributed by atoms with Gasteiger partial charge in [0.2, 0.25) is 0 Å². The summed E-state index contributed by atoms with van der Waals surface area (Å²) in [7, 11) is 0. The number of halogens is 1. The molecule has 7 nitrogen and oxygen atoms in total. The normalized spacial score (nSPS) is 10.6. The molecule has 2 amide bonds. The maximum Gasteiger partial charge on any atom is 0.290 e. The van der Waals surface area contributed by atoms with Gasteiger partial charge in [-0.15, -0.1) is 0 Å². The molecule has 4 rings (SSSR count). The topological polar surface area (TPSA) is 93.1 Å². The summed E-state index contributed by atoms with van der Waals surface area (Å²) in [5, 5.41) is 5.37. The summed E-state index contributed by atoms with van der Waals surface area (Å²) in [4.78, 5) is 38.0. The first-order valence-electron chi connectivity index (χ1n) is 8.98. The van der Waals surface area contributed by atoms with Gasteiger partial charge in [0, 0.05) is 16.0 Å². The molecule has 0 spiro atoms. The highest BCUT2D eigenvalue weighted by Gasteiger charge is 2.18. The molecule has 0 radical (unpaired) electrons. The van der Waals surface area contributed by atoms with Crippen LogP contribution in [-0.2, 0) is 0 Å². The van der Waals surface area contributed by atoms with E-state index in [9.17, 15) is 14.4 Å². The van der Waals surface area contributed by atoms with Crippen LogP contribution in [0.1, 0.15) is 20.8 Å². The second-order valence-electron chi connectivity index (χ2n) is 6.37. The number of hydrogen-bond donors (Lipinski definition) is 2. The van der Waals surface area contributed by atoms with Crippen LogP contribution >= 0.6 is 11.6 Å². The molecule has 1 heterocycles. The van der Waals surface area contributed by atoms with Crippen molar-refractivity contribution in [3.63, 3.8) is 0 Å². The maximum absolute atomic E-state index is 12.9. The van der Waals surface area contributed by atoms with Crippen molar-refractivity contribution in [3.05, 3.63) is 105 Å². The Morgan fingerprint density at radius 3 is 2.20 bits per heavy atom. The highest BCUT2D eigenvalue weighted by molar-refractivity contribution is 6.31. The largest absolute Gasteiger partial charge is 0.290 e. The zero-order valence-corrected chi connectivity index (χ0v) is 16.3. The summed E-state index contributed by atoms with van der Waals surface area (Å²) in [5.41, 5.74) is 5.14. The summed E-state index contributed by atoms with van der Waals surface area (Å²) in [5.74, 6) is -1.20. The van der Waals surface area contributed by atoms with Crippen LogP contribution in [0.3, 0.4) is 0 Å². The first kappa shape index (κ1) is 19.4. The summed E-state index contributed by atoms with van der Waals surface area (Å²) in [6.45, 7) is 0. The predicted octanol–water partition coefficient (Wildman–Crippen LogP) is 3.11. The van der Waals surface area contributed by atoms with Crippen molar-refractivity contribution in [1.82, 2.24) is 20.6 Å². The average molecular weight is 419 g/mol. The van der Waals surface area contributed by atoms with Gasteiger partial charge in [-0.2, -0.15) is 9.78 Å². The summed E-state index contributed by atoms with van der Waals surface area (Å²) >= 11 is 5.89. The van der Waals surface area contributed by atoms with Crippen LogP contribution in [0.2, 0.25) is 5.02 Å². The molecule has 148 valence electrons. The van der Waals surface area contributed by atoms with Crippen molar-refractivity contribution in [3.8, 4) is 5.69 Å². The average Bonchev–Trinajstić information content (AvgIpc) is 2.78. The molecule has 0 bridgehead atoms. The third kappa shape index (κ3) is 3.78. The predicted molar refractivity (Wildman–Crippen MR) is 114 cm³/mol. The van der Waals surface area contributed by atoms with Gasteiger partial charge in [0.25, 0.3) is 17.4 Å². The number of carbonyl (C=O) groups is 2. The zero-order valence-electron chi connectivity index (χ0n) is 15.5. The third-order valence-corrected chi connectivity index (χ3v) is 4.63. The highest BCUT2D eigenvalue weighted by Crippen LogP contribution is 2.15. The van der Waals surface area contributed by atoms with Crippen LogP contribution in [0, 0.1) is 0 Å². The smallest absolute Gasteiger partial charge is 0.267 e. The summed E-state index contributed by atoms with van der Waals surface area (Å²) in [6.07, 6.45) is 0. The Balaban J connectivity index is 1.69. The van der Waals surface area contributed by atoms with E-state index in [0.717, 1.165) is 4.68 Å². The Kier molecular flexibility index (Phi) is 5.28. The lowest BCUT2D eigenvalue weighted by Crippen LogP contribution is -2.42. The van der Waals surface area contributed by atoms with Crippen molar-refractivity contribution in [2.24, 2.45) is 0 Å². The van der Waals surface area contributed by atoms with Gasteiger partial charge in [0.05, 0.1) is 11.1 Å². The van der Waals surface area contributed by atoms with Gasteiger partial charge in [-0.3, -0.25) is 25.2 Å². The molecule has 3 aromatic carbocycles. The van der Waals surface area contributed by atoms with Crippen molar-refractivity contribution in [2.75, 3.05) is 0 Å². The van der Waals surface area contributed by atoms with Crippen molar-refractivity contribution < 1.29 is 9.59 Å². The van der Waals surface area contributed by atoms with Gasteiger partial charge < -0.3 is 0 Å². The van der Waals surface area contributed by atoms with Crippen LogP contribution in [0.4, 0.5) is 0 Å². The lowest BCUT2D eigenvalue weighted by atomic mass is 10.1. The van der Waals surface area contributed by atoms with Crippen LogP contribution in [0.15, 0.2) is 83.7 Å². The van der Waals surface area contributed by atoms with Gasteiger partial charge in [0.1, 0.15) is 0 Å². The van der Waals surface area contributed by atoms with Crippen molar-refractivity contribution in [2.45, 2.75) is 0 Å². The molecule has 0 fully saturated rings. The Morgan fingerprint density at radius 2 is 1.47 bits per heavy atom. The molecule has 0 aliphatic carbocycles. The lowest BCUT2D eigenvalue weighted by molar-refractivity contribution is 0.0844. The van der Waals surface area contributed by atoms with Crippen molar-refractivity contribution in [1.29, 1.82) is 0 Å². The van der Waals surface area contributed by atoms with Crippen LogP contribution in [-0.4, -0.2) is 21.6 Å². The minimum atomic E-state index is -0.661. The molecular formula is C22H15ClN4O3. The van der Waals surface area contributed by atoms with E-state index in [2.05, 4.69) is 16.0 Å². The second kappa shape index (κ2) is 8.18. The third-order valence-electron chi connectivity index (χ3n) is 4.40. The molecular weight excluding hydrogens is 404 g/mol. The fraction of sp³-hybridized carbons (Fsp3) is 0. The van der Waals surface area contributed by atoms with E-state index >= 15 is 0 Å². The molecule has 1 aromatic heterocycles. The molecule has 0 unspecified atom stereocenters. The molecule has 0 saturated heterocycles. The minimum Gasteiger partial charge on any atom is -0.267 e. The summed E-state index contributed by atoms with van der Waals surface area (Å²) in [6, 6.07) is 21.8. The maximum atomic E-state index is 12.9. The van der Waals surface area contributed by atoms with E-state index in [1.165, 1.54) is 6.07 Å². The van der Waals surface area contributed by atoms with E-state index in [0.29, 0.717) is 21.5 Å². The van der Waals surface area contributed by atoms with Crippen molar-refractivity contribution >= 4 is 34.2 Å². The number of fused-ring (bicyclic) bond motifs is 1. The lowest BCUT2D eigenvalue weighted by Gasteiger charge is -2.12. The monoisotopic (exact) mass is 418 g/mol. The zero-order chi connectivity index (χ0) is 21.1. The Labute approximate surface area is 175 Å². The van der Waals surface area contributed by atoms with E-state index in [-0.39, 0.29) is 16.8 Å². The molecule has 30 heavy (non-hydrogen) atoms. The molecule has 0 aliphatic heterocycles. The first-order chi connectivity index (χ1) is 14.5. The number of aromatic nitrogens is 2. The molecule has 0 aliphatic rings. The summed E-state index contributed by atoms with van der Waals surface area (Å²) < 4.78 is 1.16. The SMILES string of the molecule is O=C(NNC(=O)c1nn(-c2ccccc2)c(=O)c2ccccc12)c1cccc(Cl)c1. The fourth-order valence-electron chi connectivity index (χ4n) is 2.98. The molecule has 8 heteroatoms. The van der Waals surface area contributed by atoms with Crippen LogP contribution in [0.5, 0.6) is 0 Å². The van der Waals surface area contributed by atoms with Gasteiger partial charge in [-0.1, -0.05) is 54.1 Å². The van der Waals surface area contributed by atoms with Crippen LogP contribution < -0.4 is 16.4 Å². The number of nitrogens with zero attached hydrogens (tertiary/aromatic N) is 2. The molecule has 0 saturated carbocycles. The Bertz CT molecular complexity index is 1320.